The van der Waals surface area contributed by atoms with E-state index in [0.29, 0.717) is 5.56 Å². The highest BCUT2D eigenvalue weighted by molar-refractivity contribution is 5.72. The fraction of sp³-hybridized carbons (Fsp3) is 0.286. The second-order valence-electron chi connectivity index (χ2n) is 4.51. The molecule has 2 rings (SSSR count). The molecule has 0 amide bonds. The molecule has 94 valence electrons. The lowest BCUT2D eigenvalue weighted by atomic mass is 9.96. The molecule has 18 heavy (non-hydrogen) atoms. The first kappa shape index (κ1) is 12.4. The van der Waals surface area contributed by atoms with Gasteiger partial charge in [-0.05, 0) is 44.0 Å². The van der Waals surface area contributed by atoms with E-state index in [-0.39, 0.29) is 11.3 Å². The number of phenols is 1. The molecule has 0 aliphatic rings. The molecule has 0 unspecified atom stereocenters. The van der Waals surface area contributed by atoms with Crippen molar-refractivity contribution in [3.05, 3.63) is 45.4 Å². The largest absolute Gasteiger partial charge is 0.508 e. The van der Waals surface area contributed by atoms with Gasteiger partial charge in [0.15, 0.2) is 0 Å². The molecule has 1 N–H and O–H groups in total. The zero-order valence-corrected chi connectivity index (χ0v) is 11.0. The van der Waals surface area contributed by atoms with Gasteiger partial charge >= 0.3 is 0 Å². The topological polar surface area (TPSA) is 55.1 Å². The summed E-state index contributed by atoms with van der Waals surface area (Å²) >= 11 is 0. The van der Waals surface area contributed by atoms with Crippen LogP contribution in [-0.2, 0) is 7.05 Å². The van der Waals surface area contributed by atoms with Gasteiger partial charge in [0.1, 0.15) is 5.75 Å². The van der Waals surface area contributed by atoms with E-state index >= 15 is 0 Å². The van der Waals surface area contributed by atoms with Gasteiger partial charge in [0, 0.05) is 18.2 Å². The number of phenolic OH excluding ortho intramolecular Hbond substituents is 1. The van der Waals surface area contributed by atoms with E-state index in [2.05, 4.69) is 5.10 Å². The van der Waals surface area contributed by atoms with Crippen molar-refractivity contribution < 1.29 is 5.11 Å². The summed E-state index contributed by atoms with van der Waals surface area (Å²) in [5.74, 6) is 0.225. The highest BCUT2D eigenvalue weighted by atomic mass is 16.3. The molecule has 1 aromatic heterocycles. The SMILES string of the molecule is Cc1cc(O)ccc1-c1c(C)nn(C)c(=O)c1C. The standard InChI is InChI=1S/C14H16N2O2/c1-8-7-11(17)5-6-12(8)13-9(2)14(18)16(4)15-10(13)3/h5-7,17H,1-4H3. The molecule has 1 heterocycles. The summed E-state index contributed by atoms with van der Waals surface area (Å²) in [6.07, 6.45) is 0. The lowest BCUT2D eigenvalue weighted by Gasteiger charge is -2.13. The maximum atomic E-state index is 11.9. The third-order valence-corrected chi connectivity index (χ3v) is 3.13. The summed E-state index contributed by atoms with van der Waals surface area (Å²) in [4.78, 5) is 11.9. The van der Waals surface area contributed by atoms with Gasteiger partial charge in [-0.15, -0.1) is 0 Å². The third-order valence-electron chi connectivity index (χ3n) is 3.13. The Morgan fingerprint density at radius 3 is 2.50 bits per heavy atom. The molecular formula is C14H16N2O2. The van der Waals surface area contributed by atoms with E-state index in [0.717, 1.165) is 22.4 Å². The van der Waals surface area contributed by atoms with Gasteiger partial charge in [-0.3, -0.25) is 4.79 Å². The van der Waals surface area contributed by atoms with E-state index in [4.69, 9.17) is 0 Å². The zero-order chi connectivity index (χ0) is 13.4. The molecule has 2 aromatic rings. The van der Waals surface area contributed by atoms with Crippen molar-refractivity contribution in [3.63, 3.8) is 0 Å². The molecule has 0 aliphatic heterocycles. The van der Waals surface area contributed by atoms with Crippen LogP contribution in [0.25, 0.3) is 11.1 Å². The molecule has 0 saturated heterocycles. The first-order valence-electron chi connectivity index (χ1n) is 5.76. The maximum absolute atomic E-state index is 11.9. The molecular weight excluding hydrogens is 228 g/mol. The Bertz CT molecular complexity index is 672. The van der Waals surface area contributed by atoms with E-state index in [1.165, 1.54) is 4.68 Å². The summed E-state index contributed by atoms with van der Waals surface area (Å²) in [5, 5.41) is 13.7. The predicted molar refractivity (Wildman–Crippen MR) is 70.8 cm³/mol. The van der Waals surface area contributed by atoms with E-state index < -0.39 is 0 Å². The van der Waals surface area contributed by atoms with Gasteiger partial charge in [0.2, 0.25) is 0 Å². The highest BCUT2D eigenvalue weighted by Gasteiger charge is 2.13. The molecule has 4 heteroatoms. The van der Waals surface area contributed by atoms with Gasteiger partial charge in [0.25, 0.3) is 5.56 Å². The Kier molecular flexibility index (Phi) is 2.95. The van der Waals surface area contributed by atoms with Crippen LogP contribution in [0, 0.1) is 20.8 Å². The Morgan fingerprint density at radius 2 is 1.89 bits per heavy atom. The quantitative estimate of drug-likeness (QED) is 0.835. The van der Waals surface area contributed by atoms with Gasteiger partial charge in [0.05, 0.1) is 5.69 Å². The van der Waals surface area contributed by atoms with Crippen LogP contribution in [0.3, 0.4) is 0 Å². The molecule has 0 spiro atoms. The van der Waals surface area contributed by atoms with Crippen molar-refractivity contribution >= 4 is 0 Å². The van der Waals surface area contributed by atoms with Crippen molar-refractivity contribution in [2.75, 3.05) is 0 Å². The minimum absolute atomic E-state index is 0.0944. The number of aromatic nitrogens is 2. The van der Waals surface area contributed by atoms with Crippen LogP contribution in [0.5, 0.6) is 5.75 Å². The van der Waals surface area contributed by atoms with Gasteiger partial charge in [-0.2, -0.15) is 5.10 Å². The monoisotopic (exact) mass is 244 g/mol. The average Bonchev–Trinajstić information content (AvgIpc) is 2.29. The van der Waals surface area contributed by atoms with Gasteiger partial charge < -0.3 is 5.11 Å². The molecule has 1 aromatic carbocycles. The fourth-order valence-corrected chi connectivity index (χ4v) is 2.27. The molecule has 0 bridgehead atoms. The van der Waals surface area contributed by atoms with Crippen molar-refractivity contribution in [2.45, 2.75) is 20.8 Å². The summed E-state index contributed by atoms with van der Waals surface area (Å²) < 4.78 is 1.35. The zero-order valence-electron chi connectivity index (χ0n) is 11.0. The summed E-state index contributed by atoms with van der Waals surface area (Å²) in [6.45, 7) is 5.60. The van der Waals surface area contributed by atoms with Crippen LogP contribution in [-0.4, -0.2) is 14.9 Å². The van der Waals surface area contributed by atoms with Gasteiger partial charge in [-0.1, -0.05) is 6.07 Å². The number of aryl methyl sites for hydroxylation is 3. The maximum Gasteiger partial charge on any atom is 0.270 e. The van der Waals surface area contributed by atoms with Crippen LogP contribution in [0.4, 0.5) is 0 Å². The van der Waals surface area contributed by atoms with E-state index in [1.54, 1.807) is 26.1 Å². The van der Waals surface area contributed by atoms with Crippen LogP contribution in [0.15, 0.2) is 23.0 Å². The Balaban J connectivity index is 2.79. The number of hydrogen-bond donors (Lipinski definition) is 1. The molecule has 0 atom stereocenters. The smallest absolute Gasteiger partial charge is 0.270 e. The molecule has 0 fully saturated rings. The predicted octanol–water partition coefficient (Wildman–Crippen LogP) is 2.08. The molecule has 0 saturated carbocycles. The van der Waals surface area contributed by atoms with E-state index in [9.17, 15) is 9.90 Å². The first-order chi connectivity index (χ1) is 8.41. The van der Waals surface area contributed by atoms with Crippen LogP contribution < -0.4 is 5.56 Å². The van der Waals surface area contributed by atoms with E-state index in [1.807, 2.05) is 19.9 Å². The Labute approximate surface area is 106 Å². The molecule has 0 aliphatic carbocycles. The van der Waals surface area contributed by atoms with Crippen LogP contribution in [0.1, 0.15) is 16.8 Å². The average molecular weight is 244 g/mol. The Morgan fingerprint density at radius 1 is 1.22 bits per heavy atom. The fourth-order valence-electron chi connectivity index (χ4n) is 2.27. The van der Waals surface area contributed by atoms with Crippen LogP contribution in [0.2, 0.25) is 0 Å². The number of nitrogens with zero attached hydrogens (tertiary/aromatic N) is 2. The third kappa shape index (κ3) is 1.90. The number of benzene rings is 1. The Hall–Kier alpha value is -2.10. The lowest BCUT2D eigenvalue weighted by Crippen LogP contribution is -2.24. The molecule has 0 radical (unpaired) electrons. The summed E-state index contributed by atoms with van der Waals surface area (Å²) in [6, 6.07) is 5.13. The normalized spacial score (nSPS) is 10.7. The minimum Gasteiger partial charge on any atom is -0.508 e. The van der Waals surface area contributed by atoms with Crippen LogP contribution >= 0.6 is 0 Å². The first-order valence-corrected chi connectivity index (χ1v) is 5.76. The minimum atomic E-state index is -0.0944. The summed E-state index contributed by atoms with van der Waals surface area (Å²) in [7, 11) is 1.65. The van der Waals surface area contributed by atoms with Crippen molar-refractivity contribution in [1.29, 1.82) is 0 Å². The van der Waals surface area contributed by atoms with Crippen molar-refractivity contribution in [2.24, 2.45) is 7.05 Å². The second-order valence-corrected chi connectivity index (χ2v) is 4.51. The number of hydrogen-bond acceptors (Lipinski definition) is 3. The van der Waals surface area contributed by atoms with Crippen molar-refractivity contribution in [3.8, 4) is 16.9 Å². The van der Waals surface area contributed by atoms with Gasteiger partial charge in [-0.25, -0.2) is 4.68 Å². The lowest BCUT2D eigenvalue weighted by molar-refractivity contribution is 0.475. The highest BCUT2D eigenvalue weighted by Crippen LogP contribution is 2.29. The molecule has 4 nitrogen and oxygen atoms in total. The number of rotatable bonds is 1. The second kappa shape index (κ2) is 4.29. The van der Waals surface area contributed by atoms with Crippen molar-refractivity contribution in [1.82, 2.24) is 9.78 Å². The summed E-state index contributed by atoms with van der Waals surface area (Å²) in [5.41, 5.74) is 4.12. The number of aromatic hydroxyl groups is 1.